The van der Waals surface area contributed by atoms with Gasteiger partial charge >= 0.3 is 90.5 Å². The molecule has 34 heavy (non-hydrogen) atoms. The summed E-state index contributed by atoms with van der Waals surface area (Å²) in [6, 6.07) is 0. The number of ether oxygens (including phenoxy) is 8. The van der Waals surface area contributed by atoms with Gasteiger partial charge in [-0.1, -0.05) is 0 Å². The van der Waals surface area contributed by atoms with Crippen molar-refractivity contribution in [1.29, 1.82) is 0 Å². The van der Waals surface area contributed by atoms with E-state index in [-0.39, 0.29) is 106 Å². The summed E-state index contributed by atoms with van der Waals surface area (Å²) in [5, 5.41) is 0. The predicted molar refractivity (Wildman–Crippen MR) is 111 cm³/mol. The van der Waals surface area contributed by atoms with E-state index >= 15 is 0 Å². The van der Waals surface area contributed by atoms with Gasteiger partial charge in [0.25, 0.3) is 0 Å². The third kappa shape index (κ3) is 26.5. The van der Waals surface area contributed by atoms with E-state index in [2.05, 4.69) is 18.9 Å². The van der Waals surface area contributed by atoms with Crippen LogP contribution in [0, 0.1) is 0 Å². The normalized spacial score (nSPS) is 18.7. The van der Waals surface area contributed by atoms with E-state index in [9.17, 15) is 19.2 Å². The van der Waals surface area contributed by atoms with Crippen LogP contribution in [0.4, 0.5) is 0 Å². The second-order valence-corrected chi connectivity index (χ2v) is 9.00. The van der Waals surface area contributed by atoms with E-state index in [1.54, 1.807) is 0 Å². The third-order valence-electron chi connectivity index (χ3n) is 2.92. The van der Waals surface area contributed by atoms with Crippen molar-refractivity contribution in [1.82, 2.24) is 0 Å². The molecule has 0 radical (unpaired) electrons. The van der Waals surface area contributed by atoms with Gasteiger partial charge in [-0.05, 0) is 0 Å². The molecule has 0 saturated carbocycles. The summed E-state index contributed by atoms with van der Waals surface area (Å²) in [5.41, 5.74) is 0. The number of carbonyl (C=O) groups is 4. The molecule has 0 aromatic carbocycles. The average Bonchev–Trinajstić information content (AvgIpc) is 2.81. The molecule has 1 saturated heterocycles. The van der Waals surface area contributed by atoms with Gasteiger partial charge in [0, 0.05) is 0 Å². The van der Waals surface area contributed by atoms with E-state index in [1.165, 1.54) is 0 Å². The van der Waals surface area contributed by atoms with Crippen LogP contribution >= 0.6 is 40.4 Å². The number of carbonyl (C=O) groups excluding carboxylic acids is 4. The molecule has 1 aliphatic rings. The Hall–Kier alpha value is -0.0810. The Kier molecular flexibility index (Phi) is 30.9. The van der Waals surface area contributed by atoms with Crippen molar-refractivity contribution >= 4 is 64.3 Å². The number of hydrogen-bond acceptors (Lipinski definition) is 12. The zero-order chi connectivity index (χ0) is 25.9. The van der Waals surface area contributed by atoms with Gasteiger partial charge in [0.2, 0.25) is 0 Å². The standard InChI is InChI=1S/C16H24O12.4ClH.2Mn/c17-13-14(18)27-11-7-23-3-4-24-8-12-28-16(20)15(19)26-10-6-22-2-1-21-5-9-25-13;;;;;;/h1-12H2;4*1H;;/q;;;;;2*+2/p-4. The summed E-state index contributed by atoms with van der Waals surface area (Å²) < 4.78 is 39.2. The maximum atomic E-state index is 11.4. The van der Waals surface area contributed by atoms with Gasteiger partial charge in [-0.3, -0.25) is 0 Å². The summed E-state index contributed by atoms with van der Waals surface area (Å²) in [6.45, 7) is 0.512. The van der Waals surface area contributed by atoms with Crippen LogP contribution in [-0.2, 0) is 83.3 Å². The van der Waals surface area contributed by atoms with Gasteiger partial charge in [0.15, 0.2) is 0 Å². The second-order valence-electron chi connectivity index (χ2n) is 5.10. The van der Waals surface area contributed by atoms with Gasteiger partial charge in [0.1, 0.15) is 26.4 Å². The first-order valence-corrected chi connectivity index (χ1v) is 15.7. The summed E-state index contributed by atoms with van der Waals surface area (Å²) in [6.07, 6.45) is 0. The molecule has 12 nitrogen and oxygen atoms in total. The van der Waals surface area contributed by atoms with Crippen molar-refractivity contribution in [2.24, 2.45) is 0 Å². The molecule has 1 fully saturated rings. The molecule has 1 heterocycles. The topological polar surface area (TPSA) is 142 Å². The molecule has 0 aromatic heterocycles. The Labute approximate surface area is 225 Å². The molecular weight excluding hydrogens is 636 g/mol. The van der Waals surface area contributed by atoms with Gasteiger partial charge in [-0.25, -0.2) is 19.2 Å². The first kappa shape index (κ1) is 36.1. The third-order valence-corrected chi connectivity index (χ3v) is 2.92. The fourth-order valence-corrected chi connectivity index (χ4v) is 1.65. The van der Waals surface area contributed by atoms with Crippen molar-refractivity contribution in [3.8, 4) is 0 Å². The number of hydrogen-bond donors (Lipinski definition) is 0. The molecule has 0 aromatic rings. The minimum absolute atomic E-state index is 0.00694. The molecule has 202 valence electrons. The molecule has 0 aliphatic carbocycles. The van der Waals surface area contributed by atoms with Crippen LogP contribution < -0.4 is 0 Å². The number of cyclic esters (lactones) is 4. The summed E-state index contributed by atoms with van der Waals surface area (Å²) in [7, 11) is 19.2. The Balaban J connectivity index is 0. The molecule has 0 bridgehead atoms. The van der Waals surface area contributed by atoms with E-state index in [4.69, 9.17) is 59.3 Å². The van der Waals surface area contributed by atoms with Gasteiger partial charge < -0.3 is 37.9 Å². The van der Waals surface area contributed by atoms with Crippen LogP contribution in [0.1, 0.15) is 0 Å². The molecule has 0 spiro atoms. The van der Waals surface area contributed by atoms with Crippen LogP contribution in [0.15, 0.2) is 0 Å². The Morgan fingerprint density at radius 2 is 0.529 bits per heavy atom. The first-order valence-electron chi connectivity index (χ1n) is 9.17. The van der Waals surface area contributed by atoms with E-state index in [1.807, 2.05) is 0 Å². The molecule has 0 amide bonds. The van der Waals surface area contributed by atoms with Crippen molar-refractivity contribution in [2.45, 2.75) is 0 Å². The van der Waals surface area contributed by atoms with Gasteiger partial charge in [0.05, 0.1) is 52.9 Å². The van der Waals surface area contributed by atoms with E-state index < -0.39 is 23.9 Å². The molecule has 1 aliphatic heterocycles. The van der Waals surface area contributed by atoms with Crippen LogP contribution in [0.2, 0.25) is 0 Å². The van der Waals surface area contributed by atoms with Gasteiger partial charge in [-0.2, -0.15) is 0 Å². The SMILES string of the molecule is O=C1OCCOCCOCCOC(=O)C(=O)OCCOCCOCCOC1=O.[Cl][Mn][Cl].[Cl][Mn][Cl]. The minimum atomic E-state index is -1.12. The molecule has 0 atom stereocenters. The zero-order valence-corrected chi connectivity index (χ0v) is 23.0. The van der Waals surface area contributed by atoms with Gasteiger partial charge in [-0.15, -0.1) is 0 Å². The first-order chi connectivity index (χ1) is 16.4. The fourth-order valence-electron chi connectivity index (χ4n) is 1.65. The van der Waals surface area contributed by atoms with E-state index in [0.29, 0.717) is 0 Å². The number of esters is 4. The Morgan fingerprint density at radius 3 is 0.706 bits per heavy atom. The predicted octanol–water partition coefficient (Wildman–Crippen LogP) is 0.992. The van der Waals surface area contributed by atoms with Crippen molar-refractivity contribution in [3.63, 3.8) is 0 Å². The molecular formula is C16H24Cl4Mn2O12. The summed E-state index contributed by atoms with van der Waals surface area (Å²) in [4.78, 5) is 45.4. The quantitative estimate of drug-likeness (QED) is 0.158. The maximum absolute atomic E-state index is 11.4. The Bertz CT molecular complexity index is 458. The summed E-state index contributed by atoms with van der Waals surface area (Å²) >= 11 is 0.0139. The number of halogens is 4. The van der Waals surface area contributed by atoms with Crippen LogP contribution in [0.25, 0.3) is 0 Å². The average molecular weight is 660 g/mol. The number of rotatable bonds is 0. The Morgan fingerprint density at radius 1 is 0.382 bits per heavy atom. The van der Waals surface area contributed by atoms with Crippen LogP contribution in [0.5, 0.6) is 0 Å². The molecule has 0 unspecified atom stereocenters. The van der Waals surface area contributed by atoms with Crippen LogP contribution in [0.3, 0.4) is 0 Å². The van der Waals surface area contributed by atoms with Crippen molar-refractivity contribution in [3.05, 3.63) is 0 Å². The molecule has 1 rings (SSSR count). The van der Waals surface area contributed by atoms with Crippen LogP contribution in [-0.4, -0.2) is 103 Å². The molecule has 0 N–H and O–H groups in total. The summed E-state index contributed by atoms with van der Waals surface area (Å²) in [5.74, 6) is -4.47. The van der Waals surface area contributed by atoms with E-state index in [0.717, 1.165) is 0 Å². The molecule has 18 heteroatoms. The second kappa shape index (κ2) is 29.2. The van der Waals surface area contributed by atoms with Crippen molar-refractivity contribution < 1.29 is 83.3 Å². The fraction of sp³-hybridized carbons (Fsp3) is 0.750. The van der Waals surface area contributed by atoms with Crippen molar-refractivity contribution in [2.75, 3.05) is 79.3 Å². The zero-order valence-electron chi connectivity index (χ0n) is 17.7. The monoisotopic (exact) mass is 658 g/mol.